The van der Waals surface area contributed by atoms with Gasteiger partial charge in [0, 0.05) is 18.3 Å². The molecule has 0 radical (unpaired) electrons. The fraction of sp³-hybridized carbons (Fsp3) is 0.800. The third kappa shape index (κ3) is 1.82. The number of fused-ring (bicyclic) bond motifs is 5. The van der Waals surface area contributed by atoms with E-state index < -0.39 is 5.60 Å². The maximum atomic E-state index is 11.9. The summed E-state index contributed by atoms with van der Waals surface area (Å²) in [5, 5.41) is 20.4. The molecular weight excluding hydrogens is 286 g/mol. The fourth-order valence-corrected chi connectivity index (χ4v) is 6.68. The van der Waals surface area contributed by atoms with Crippen molar-refractivity contribution < 1.29 is 9.90 Å². The zero-order valence-corrected chi connectivity index (χ0v) is 14.3. The Labute approximate surface area is 138 Å². The minimum Gasteiger partial charge on any atom is -0.375 e. The van der Waals surface area contributed by atoms with Gasteiger partial charge in [-0.2, -0.15) is 5.26 Å². The van der Waals surface area contributed by atoms with Gasteiger partial charge in [0.05, 0.1) is 6.07 Å². The number of aliphatic hydroxyl groups is 1. The van der Waals surface area contributed by atoms with E-state index >= 15 is 0 Å². The lowest BCUT2D eigenvalue weighted by Crippen LogP contribution is -2.54. The molecule has 4 aliphatic rings. The lowest BCUT2D eigenvalue weighted by atomic mass is 9.47. The summed E-state index contributed by atoms with van der Waals surface area (Å²) in [5.41, 5.74) is 0.156. The van der Waals surface area contributed by atoms with Crippen LogP contribution in [-0.2, 0) is 4.79 Å². The molecule has 6 atom stereocenters. The van der Waals surface area contributed by atoms with E-state index in [1.54, 1.807) is 0 Å². The van der Waals surface area contributed by atoms with Crippen molar-refractivity contribution in [1.29, 1.82) is 5.26 Å². The summed E-state index contributed by atoms with van der Waals surface area (Å²) >= 11 is 0. The van der Waals surface area contributed by atoms with E-state index in [9.17, 15) is 15.2 Å². The number of carbonyl (C=O) groups is 1. The summed E-state index contributed by atoms with van der Waals surface area (Å²) < 4.78 is 0. The van der Waals surface area contributed by atoms with Gasteiger partial charge in [-0.25, -0.2) is 0 Å². The Morgan fingerprint density at radius 1 is 1.22 bits per heavy atom. The van der Waals surface area contributed by atoms with E-state index in [0.717, 1.165) is 38.5 Å². The molecule has 0 saturated heterocycles. The van der Waals surface area contributed by atoms with Crippen LogP contribution in [0.3, 0.4) is 0 Å². The first-order valence-corrected chi connectivity index (χ1v) is 9.19. The molecule has 0 spiro atoms. The second-order valence-corrected chi connectivity index (χ2v) is 8.94. The monoisotopic (exact) mass is 313 g/mol. The summed E-state index contributed by atoms with van der Waals surface area (Å²) in [4.78, 5) is 11.9. The van der Waals surface area contributed by atoms with Crippen LogP contribution in [0.5, 0.6) is 0 Å². The minimum atomic E-state index is -1.14. The third-order valence-corrected chi connectivity index (χ3v) is 8.27. The Balaban J connectivity index is 1.71. The topological polar surface area (TPSA) is 61.1 Å². The number of carbonyl (C=O) groups excluding carboxylic acids is 1. The van der Waals surface area contributed by atoms with Gasteiger partial charge in [-0.05, 0) is 61.7 Å². The molecule has 3 heteroatoms. The normalized spacial score (nSPS) is 52.0. The highest BCUT2D eigenvalue weighted by Gasteiger charge is 2.64. The Kier molecular flexibility index (Phi) is 3.14. The third-order valence-electron chi connectivity index (χ3n) is 8.27. The number of nitrogens with zero attached hydrogens (tertiary/aromatic N) is 1. The van der Waals surface area contributed by atoms with Crippen LogP contribution in [0.4, 0.5) is 0 Å². The molecule has 4 aliphatic carbocycles. The van der Waals surface area contributed by atoms with Crippen molar-refractivity contribution in [2.75, 3.05) is 0 Å². The number of hydrogen-bond donors (Lipinski definition) is 1. The first-order chi connectivity index (χ1) is 10.8. The molecule has 3 nitrogen and oxygen atoms in total. The van der Waals surface area contributed by atoms with E-state index in [4.69, 9.17) is 0 Å². The van der Waals surface area contributed by atoms with Crippen LogP contribution < -0.4 is 0 Å². The largest absolute Gasteiger partial charge is 0.375 e. The van der Waals surface area contributed by atoms with Gasteiger partial charge in [0.2, 0.25) is 0 Å². The highest BCUT2D eigenvalue weighted by Crippen LogP contribution is 2.66. The molecule has 3 fully saturated rings. The number of allylic oxidation sites excluding steroid dienone is 2. The Bertz CT molecular complexity index is 632. The van der Waals surface area contributed by atoms with Crippen molar-refractivity contribution in [3.05, 3.63) is 11.6 Å². The molecule has 0 aromatic rings. The van der Waals surface area contributed by atoms with Gasteiger partial charge < -0.3 is 5.11 Å². The molecule has 0 aromatic carbocycles. The van der Waals surface area contributed by atoms with Gasteiger partial charge in [0.25, 0.3) is 0 Å². The van der Waals surface area contributed by atoms with Gasteiger partial charge in [-0.15, -0.1) is 0 Å². The van der Waals surface area contributed by atoms with Crippen LogP contribution in [0.1, 0.15) is 65.2 Å². The molecule has 0 bridgehead atoms. The average Bonchev–Trinajstić information content (AvgIpc) is 2.80. The first kappa shape index (κ1) is 15.4. The van der Waals surface area contributed by atoms with Crippen LogP contribution >= 0.6 is 0 Å². The quantitative estimate of drug-likeness (QED) is 0.547. The second kappa shape index (κ2) is 4.70. The van der Waals surface area contributed by atoms with E-state index in [0.29, 0.717) is 36.4 Å². The lowest BCUT2D eigenvalue weighted by molar-refractivity contribution is -0.123. The van der Waals surface area contributed by atoms with Gasteiger partial charge in [0.1, 0.15) is 5.78 Å². The number of hydrogen-bond acceptors (Lipinski definition) is 3. The molecule has 0 heterocycles. The maximum Gasteiger partial charge on any atom is 0.156 e. The van der Waals surface area contributed by atoms with Crippen molar-refractivity contribution in [3.63, 3.8) is 0 Å². The summed E-state index contributed by atoms with van der Waals surface area (Å²) in [6.07, 6.45) is 9.37. The van der Waals surface area contributed by atoms with Crippen LogP contribution in [0.15, 0.2) is 11.6 Å². The first-order valence-electron chi connectivity index (χ1n) is 9.19. The molecule has 1 unspecified atom stereocenters. The van der Waals surface area contributed by atoms with Gasteiger partial charge in [0.15, 0.2) is 5.60 Å². The summed E-state index contributed by atoms with van der Waals surface area (Å²) in [7, 11) is 0. The van der Waals surface area contributed by atoms with Crippen molar-refractivity contribution in [2.45, 2.75) is 70.8 Å². The number of nitriles is 1. The van der Waals surface area contributed by atoms with Crippen LogP contribution in [0.25, 0.3) is 0 Å². The molecule has 23 heavy (non-hydrogen) atoms. The summed E-state index contributed by atoms with van der Waals surface area (Å²) in [5.74, 6) is 2.03. The molecular formula is C20H27NO2. The fourth-order valence-electron chi connectivity index (χ4n) is 6.68. The maximum absolute atomic E-state index is 11.9. The van der Waals surface area contributed by atoms with E-state index in [1.807, 2.05) is 0 Å². The van der Waals surface area contributed by atoms with E-state index in [2.05, 4.69) is 26.0 Å². The Morgan fingerprint density at radius 3 is 2.70 bits per heavy atom. The van der Waals surface area contributed by atoms with E-state index in [-0.39, 0.29) is 10.8 Å². The predicted octanol–water partition coefficient (Wildman–Crippen LogP) is 3.77. The number of ketones is 1. The second-order valence-electron chi connectivity index (χ2n) is 8.94. The zero-order chi connectivity index (χ0) is 16.5. The molecule has 124 valence electrons. The van der Waals surface area contributed by atoms with Gasteiger partial charge in [-0.1, -0.05) is 25.5 Å². The standard InChI is InChI=1S/C20H27NO2/c1-18-8-5-14(22)11-13(18)3-4-15-16(18)6-9-19(2)17(15)7-10-20(19,23)12-21/h3,15-17,23H,4-11H2,1-2H3/t15?,16-,17-,18+,19+,20+/m1/s1. The predicted molar refractivity (Wildman–Crippen MR) is 87.3 cm³/mol. The summed E-state index contributed by atoms with van der Waals surface area (Å²) in [6.45, 7) is 4.52. The highest BCUT2D eigenvalue weighted by molar-refractivity contribution is 5.82. The Hall–Kier alpha value is -1.14. The van der Waals surface area contributed by atoms with Crippen LogP contribution in [-0.4, -0.2) is 16.5 Å². The van der Waals surface area contributed by atoms with Gasteiger partial charge >= 0.3 is 0 Å². The molecule has 0 amide bonds. The number of rotatable bonds is 0. The SMILES string of the molecule is C[C@]12CCC(=O)CC1=CCC1[C@H]2CC[C@@]2(C)[C@@H]1CC[C@]2(O)C#N. The molecule has 0 aromatic heterocycles. The highest BCUT2D eigenvalue weighted by atomic mass is 16.3. The van der Waals surface area contributed by atoms with Crippen molar-refractivity contribution in [1.82, 2.24) is 0 Å². The van der Waals surface area contributed by atoms with Crippen LogP contribution in [0.2, 0.25) is 0 Å². The zero-order valence-electron chi connectivity index (χ0n) is 14.3. The molecule has 0 aliphatic heterocycles. The van der Waals surface area contributed by atoms with Crippen molar-refractivity contribution in [3.8, 4) is 6.07 Å². The van der Waals surface area contributed by atoms with Crippen molar-refractivity contribution in [2.24, 2.45) is 28.6 Å². The minimum absolute atomic E-state index is 0.172. The molecule has 4 rings (SSSR count). The Morgan fingerprint density at radius 2 is 1.96 bits per heavy atom. The number of Topliss-reactive ketones (excluding diaryl/α,β-unsaturated/α-hetero) is 1. The molecule has 3 saturated carbocycles. The van der Waals surface area contributed by atoms with E-state index in [1.165, 1.54) is 5.57 Å². The molecule has 1 N–H and O–H groups in total. The lowest BCUT2D eigenvalue weighted by Gasteiger charge is -2.57. The smallest absolute Gasteiger partial charge is 0.156 e. The van der Waals surface area contributed by atoms with Gasteiger partial charge in [-0.3, -0.25) is 4.79 Å². The average molecular weight is 313 g/mol. The van der Waals surface area contributed by atoms with Crippen LogP contribution in [0, 0.1) is 39.9 Å². The van der Waals surface area contributed by atoms with Crippen molar-refractivity contribution >= 4 is 5.78 Å². The summed E-state index contributed by atoms with van der Waals surface area (Å²) in [6, 6.07) is 2.24.